The summed E-state index contributed by atoms with van der Waals surface area (Å²) in [7, 11) is 0. The van der Waals surface area contributed by atoms with Crippen LogP contribution in [0, 0.1) is 5.92 Å². The summed E-state index contributed by atoms with van der Waals surface area (Å²) in [5.41, 5.74) is 2.42. The molecule has 0 radical (unpaired) electrons. The molecule has 1 aliphatic carbocycles. The van der Waals surface area contributed by atoms with E-state index in [1.807, 2.05) is 26.1 Å². The first-order valence-corrected chi connectivity index (χ1v) is 7.65. The van der Waals surface area contributed by atoms with E-state index in [-0.39, 0.29) is 12.6 Å². The minimum Gasteiger partial charge on any atom is -0.480 e. The van der Waals surface area contributed by atoms with E-state index in [1.165, 1.54) is 18.4 Å². The van der Waals surface area contributed by atoms with Gasteiger partial charge >= 0.3 is 5.97 Å². The zero-order chi connectivity index (χ0) is 14.5. The van der Waals surface area contributed by atoms with Gasteiger partial charge in [0.2, 0.25) is 0 Å². The van der Waals surface area contributed by atoms with Crippen molar-refractivity contribution in [2.45, 2.75) is 45.6 Å². The van der Waals surface area contributed by atoms with Gasteiger partial charge in [0, 0.05) is 6.20 Å². The van der Waals surface area contributed by atoms with E-state index < -0.39 is 5.97 Å². The Balaban J connectivity index is 0.000000704. The Labute approximate surface area is 120 Å². The Morgan fingerprint density at radius 3 is 3.00 bits per heavy atom. The molecule has 2 atom stereocenters. The van der Waals surface area contributed by atoms with Gasteiger partial charge in [-0.05, 0) is 49.8 Å². The maximum absolute atomic E-state index is 11.0. The summed E-state index contributed by atoms with van der Waals surface area (Å²) >= 11 is 0. The monoisotopic (exact) mass is 276 g/mol. The van der Waals surface area contributed by atoms with Crippen LogP contribution >= 0.6 is 0 Å². The third-order valence-corrected chi connectivity index (χ3v) is 4.19. The van der Waals surface area contributed by atoms with Gasteiger partial charge in [0.1, 0.15) is 0 Å². The molecule has 1 N–H and O–H groups in total. The van der Waals surface area contributed by atoms with Crippen LogP contribution in [-0.2, 0) is 11.2 Å². The molecule has 0 saturated carbocycles. The SMILES string of the molecule is CC.O=C(O)CN1CCCC2CCc3cccnc3C21. The van der Waals surface area contributed by atoms with Crippen molar-refractivity contribution in [2.75, 3.05) is 13.1 Å². The van der Waals surface area contributed by atoms with Gasteiger partial charge in [-0.2, -0.15) is 0 Å². The Morgan fingerprint density at radius 2 is 2.25 bits per heavy atom. The number of aliphatic carboxylic acids is 1. The summed E-state index contributed by atoms with van der Waals surface area (Å²) < 4.78 is 0. The first-order valence-electron chi connectivity index (χ1n) is 7.65. The summed E-state index contributed by atoms with van der Waals surface area (Å²) in [6, 6.07) is 4.33. The number of aromatic nitrogens is 1. The number of hydrogen-bond acceptors (Lipinski definition) is 3. The topological polar surface area (TPSA) is 53.4 Å². The highest BCUT2D eigenvalue weighted by Gasteiger charge is 2.37. The molecule has 0 bridgehead atoms. The van der Waals surface area contributed by atoms with Crippen LogP contribution in [-0.4, -0.2) is 34.0 Å². The number of piperidine rings is 1. The van der Waals surface area contributed by atoms with Crippen molar-refractivity contribution in [2.24, 2.45) is 5.92 Å². The van der Waals surface area contributed by atoms with Crippen LogP contribution in [0.1, 0.15) is 50.4 Å². The van der Waals surface area contributed by atoms with Crippen LogP contribution in [0.25, 0.3) is 0 Å². The van der Waals surface area contributed by atoms with E-state index in [9.17, 15) is 4.79 Å². The average molecular weight is 276 g/mol. The third-order valence-electron chi connectivity index (χ3n) is 4.19. The molecule has 4 heteroatoms. The largest absolute Gasteiger partial charge is 0.480 e. The Hall–Kier alpha value is -1.42. The molecular weight excluding hydrogens is 252 g/mol. The van der Waals surface area contributed by atoms with Gasteiger partial charge < -0.3 is 5.11 Å². The van der Waals surface area contributed by atoms with Crippen molar-refractivity contribution in [1.29, 1.82) is 0 Å². The highest BCUT2D eigenvalue weighted by atomic mass is 16.4. The summed E-state index contributed by atoms with van der Waals surface area (Å²) in [6.45, 7) is 5.01. The fraction of sp³-hybridized carbons (Fsp3) is 0.625. The number of hydrogen-bond donors (Lipinski definition) is 1. The quantitative estimate of drug-likeness (QED) is 0.902. The number of pyridine rings is 1. The predicted octanol–water partition coefficient (Wildman–Crippen LogP) is 2.89. The first kappa shape index (κ1) is 15.0. The lowest BCUT2D eigenvalue weighted by molar-refractivity contribution is -0.140. The van der Waals surface area contributed by atoms with Crippen molar-refractivity contribution >= 4 is 5.97 Å². The van der Waals surface area contributed by atoms with Crippen LogP contribution in [0.3, 0.4) is 0 Å². The van der Waals surface area contributed by atoms with Crippen molar-refractivity contribution in [3.05, 3.63) is 29.6 Å². The van der Waals surface area contributed by atoms with Gasteiger partial charge in [-0.25, -0.2) is 0 Å². The Morgan fingerprint density at radius 1 is 1.45 bits per heavy atom. The molecule has 3 rings (SSSR count). The molecule has 1 aliphatic heterocycles. The van der Waals surface area contributed by atoms with Crippen LogP contribution in [0.5, 0.6) is 0 Å². The fourth-order valence-electron chi connectivity index (χ4n) is 3.47. The molecule has 2 heterocycles. The number of fused-ring (bicyclic) bond motifs is 3. The molecule has 0 aromatic carbocycles. The van der Waals surface area contributed by atoms with E-state index in [0.717, 1.165) is 25.1 Å². The van der Waals surface area contributed by atoms with E-state index in [2.05, 4.69) is 16.0 Å². The van der Waals surface area contributed by atoms with Gasteiger partial charge in [-0.1, -0.05) is 19.9 Å². The standard InChI is InChI=1S/C14H18N2O2.C2H6/c17-12(18)9-16-8-2-4-11-6-5-10-3-1-7-15-13(10)14(11)16;1-2/h1,3,7,11,14H,2,4-6,8-9H2,(H,17,18);1-2H3. The molecule has 2 unspecified atom stereocenters. The molecule has 1 fully saturated rings. The maximum Gasteiger partial charge on any atom is 0.317 e. The van der Waals surface area contributed by atoms with E-state index in [4.69, 9.17) is 5.11 Å². The lowest BCUT2D eigenvalue weighted by Gasteiger charge is -2.43. The molecule has 1 saturated heterocycles. The zero-order valence-electron chi connectivity index (χ0n) is 12.4. The maximum atomic E-state index is 11.0. The number of carboxylic acids is 1. The van der Waals surface area contributed by atoms with Crippen LogP contribution < -0.4 is 0 Å². The lowest BCUT2D eigenvalue weighted by Crippen LogP contribution is -2.44. The zero-order valence-corrected chi connectivity index (χ0v) is 12.4. The molecule has 0 amide bonds. The van der Waals surface area contributed by atoms with Crippen LogP contribution in [0.4, 0.5) is 0 Å². The summed E-state index contributed by atoms with van der Waals surface area (Å²) in [4.78, 5) is 17.6. The van der Waals surface area contributed by atoms with Gasteiger partial charge in [-0.15, -0.1) is 0 Å². The lowest BCUT2D eigenvalue weighted by atomic mass is 9.77. The highest BCUT2D eigenvalue weighted by molar-refractivity contribution is 5.69. The number of nitrogens with zero attached hydrogens (tertiary/aromatic N) is 2. The minimum absolute atomic E-state index is 0.136. The average Bonchev–Trinajstić information content (AvgIpc) is 2.48. The second kappa shape index (κ2) is 6.84. The van der Waals surface area contributed by atoms with Gasteiger partial charge in [0.15, 0.2) is 0 Å². The van der Waals surface area contributed by atoms with E-state index in [0.29, 0.717) is 5.92 Å². The first-order chi connectivity index (χ1) is 9.75. The molecule has 0 spiro atoms. The van der Waals surface area contributed by atoms with Crippen LogP contribution in [0.15, 0.2) is 18.3 Å². The van der Waals surface area contributed by atoms with Crippen molar-refractivity contribution in [3.63, 3.8) is 0 Å². The van der Waals surface area contributed by atoms with E-state index >= 15 is 0 Å². The number of aryl methyl sites for hydroxylation is 1. The molecule has 110 valence electrons. The number of carbonyl (C=O) groups is 1. The second-order valence-electron chi connectivity index (χ2n) is 5.30. The minimum atomic E-state index is -0.737. The molecule has 20 heavy (non-hydrogen) atoms. The summed E-state index contributed by atoms with van der Waals surface area (Å²) in [5, 5.41) is 9.04. The predicted molar refractivity (Wildman–Crippen MR) is 78.6 cm³/mol. The molecule has 2 aliphatic rings. The molecule has 1 aromatic rings. The fourth-order valence-corrected chi connectivity index (χ4v) is 3.47. The normalized spacial score (nSPS) is 24.9. The Bertz CT molecular complexity index is 462. The van der Waals surface area contributed by atoms with Gasteiger partial charge in [0.05, 0.1) is 18.3 Å². The molecular formula is C16H24N2O2. The highest BCUT2D eigenvalue weighted by Crippen LogP contribution is 2.42. The molecule has 4 nitrogen and oxygen atoms in total. The smallest absolute Gasteiger partial charge is 0.317 e. The Kier molecular flexibility index (Phi) is 5.12. The van der Waals surface area contributed by atoms with Crippen LogP contribution in [0.2, 0.25) is 0 Å². The van der Waals surface area contributed by atoms with Gasteiger partial charge in [0.25, 0.3) is 0 Å². The van der Waals surface area contributed by atoms with Gasteiger partial charge in [-0.3, -0.25) is 14.7 Å². The van der Waals surface area contributed by atoms with Crippen molar-refractivity contribution in [3.8, 4) is 0 Å². The van der Waals surface area contributed by atoms with E-state index in [1.54, 1.807) is 0 Å². The number of carboxylic acid groups (broad SMARTS) is 1. The third kappa shape index (κ3) is 3.01. The second-order valence-corrected chi connectivity index (χ2v) is 5.30. The summed E-state index contributed by atoms with van der Waals surface area (Å²) in [5.74, 6) is -0.154. The number of rotatable bonds is 2. The molecule has 1 aromatic heterocycles. The number of likely N-dealkylation sites (tertiary alicyclic amines) is 1. The summed E-state index contributed by atoms with van der Waals surface area (Å²) in [6.07, 6.45) is 6.40. The van der Waals surface area contributed by atoms with Crippen molar-refractivity contribution in [1.82, 2.24) is 9.88 Å². The van der Waals surface area contributed by atoms with Crippen molar-refractivity contribution < 1.29 is 9.90 Å².